The first kappa shape index (κ1) is 15.3. The van der Waals surface area contributed by atoms with Crippen LogP contribution in [0.1, 0.15) is 29.1 Å². The van der Waals surface area contributed by atoms with E-state index < -0.39 is 0 Å². The number of fused-ring (bicyclic) bond motifs is 3. The summed E-state index contributed by atoms with van der Waals surface area (Å²) in [6.07, 6.45) is 4.85. The Kier molecular flexibility index (Phi) is 4.19. The second kappa shape index (κ2) is 6.32. The van der Waals surface area contributed by atoms with Gasteiger partial charge in [0.1, 0.15) is 10.7 Å². The predicted molar refractivity (Wildman–Crippen MR) is 94.6 cm³/mol. The number of hydrazine groups is 1. The van der Waals surface area contributed by atoms with Crippen LogP contribution < -0.4 is 11.3 Å². The van der Waals surface area contributed by atoms with Crippen molar-refractivity contribution in [2.75, 3.05) is 38.7 Å². The fourth-order valence-corrected chi connectivity index (χ4v) is 4.86. The van der Waals surface area contributed by atoms with Gasteiger partial charge in [-0.3, -0.25) is 4.90 Å². The van der Waals surface area contributed by atoms with Crippen molar-refractivity contribution >= 4 is 27.4 Å². The Morgan fingerprint density at radius 3 is 2.70 bits per heavy atom. The number of rotatable bonds is 3. The number of hydrogen-bond acceptors (Lipinski definition) is 7. The number of nitrogens with zero attached hydrogens (tertiary/aromatic N) is 4. The molecule has 4 rings (SSSR count). The summed E-state index contributed by atoms with van der Waals surface area (Å²) >= 11 is 1.83. The number of thiophene rings is 1. The van der Waals surface area contributed by atoms with Crippen LogP contribution in [0.25, 0.3) is 10.2 Å². The van der Waals surface area contributed by atoms with Gasteiger partial charge in [0.25, 0.3) is 0 Å². The van der Waals surface area contributed by atoms with Crippen molar-refractivity contribution in [2.24, 2.45) is 5.84 Å². The third-order valence-corrected chi connectivity index (χ3v) is 6.14. The smallest absolute Gasteiger partial charge is 0.152 e. The van der Waals surface area contributed by atoms with E-state index in [-0.39, 0.29) is 0 Å². The third-order valence-electron chi connectivity index (χ3n) is 4.96. The second-order valence-corrected chi connectivity index (χ2v) is 7.69. The quantitative estimate of drug-likeness (QED) is 0.657. The second-order valence-electron chi connectivity index (χ2n) is 6.60. The molecular formula is C16H24N6S. The molecule has 0 unspecified atom stereocenters. The van der Waals surface area contributed by atoms with Crippen LogP contribution in [0.15, 0.2) is 0 Å². The number of anilines is 1. The molecule has 124 valence electrons. The molecule has 2 aromatic rings. The van der Waals surface area contributed by atoms with Crippen LogP contribution in [0.2, 0.25) is 0 Å². The summed E-state index contributed by atoms with van der Waals surface area (Å²) in [5, 5.41) is 1.16. The fourth-order valence-electron chi connectivity index (χ4n) is 3.58. The molecule has 3 heterocycles. The van der Waals surface area contributed by atoms with E-state index in [4.69, 9.17) is 15.8 Å². The van der Waals surface area contributed by atoms with Crippen molar-refractivity contribution < 1.29 is 0 Å². The number of nitrogens with one attached hydrogen (secondary N) is 1. The zero-order valence-corrected chi connectivity index (χ0v) is 14.5. The maximum Gasteiger partial charge on any atom is 0.152 e. The van der Waals surface area contributed by atoms with Gasteiger partial charge in [-0.1, -0.05) is 0 Å². The summed E-state index contributed by atoms with van der Waals surface area (Å²) in [5.74, 6) is 7.46. The molecule has 1 fully saturated rings. The Morgan fingerprint density at radius 1 is 1.13 bits per heavy atom. The zero-order valence-electron chi connectivity index (χ0n) is 13.6. The van der Waals surface area contributed by atoms with E-state index >= 15 is 0 Å². The average molecular weight is 332 g/mol. The van der Waals surface area contributed by atoms with Gasteiger partial charge in [0.2, 0.25) is 0 Å². The van der Waals surface area contributed by atoms with Gasteiger partial charge in [-0.25, -0.2) is 15.8 Å². The highest BCUT2D eigenvalue weighted by molar-refractivity contribution is 7.19. The van der Waals surface area contributed by atoms with Crippen molar-refractivity contribution in [2.45, 2.75) is 32.2 Å². The van der Waals surface area contributed by atoms with Crippen molar-refractivity contribution in [3.05, 3.63) is 16.3 Å². The molecule has 0 radical (unpaired) electrons. The summed E-state index contributed by atoms with van der Waals surface area (Å²) in [7, 11) is 2.17. The topological polar surface area (TPSA) is 70.3 Å². The van der Waals surface area contributed by atoms with Crippen molar-refractivity contribution in [1.82, 2.24) is 19.8 Å². The number of nitrogens with two attached hydrogens (primary N) is 1. The maximum atomic E-state index is 5.77. The lowest BCUT2D eigenvalue weighted by Gasteiger charge is -2.31. The van der Waals surface area contributed by atoms with E-state index in [0.29, 0.717) is 0 Å². The average Bonchev–Trinajstić information content (AvgIpc) is 2.94. The van der Waals surface area contributed by atoms with E-state index in [1.807, 2.05) is 11.3 Å². The summed E-state index contributed by atoms with van der Waals surface area (Å²) < 4.78 is 0. The highest BCUT2D eigenvalue weighted by Gasteiger charge is 2.22. The first-order chi connectivity index (χ1) is 11.2. The minimum absolute atomic E-state index is 0.804. The monoisotopic (exact) mass is 332 g/mol. The normalized spacial score (nSPS) is 19.9. The van der Waals surface area contributed by atoms with E-state index in [1.54, 1.807) is 0 Å². The molecule has 6 nitrogen and oxygen atoms in total. The summed E-state index contributed by atoms with van der Waals surface area (Å²) in [6, 6.07) is 0. The minimum atomic E-state index is 0.804. The highest BCUT2D eigenvalue weighted by atomic mass is 32.1. The van der Waals surface area contributed by atoms with Gasteiger partial charge >= 0.3 is 0 Å². The van der Waals surface area contributed by atoms with Gasteiger partial charge in [0.05, 0.1) is 11.9 Å². The number of hydrogen-bond donors (Lipinski definition) is 2. The lowest BCUT2D eigenvalue weighted by molar-refractivity contribution is 0.145. The van der Waals surface area contributed by atoms with Gasteiger partial charge in [-0.2, -0.15) is 0 Å². The van der Waals surface area contributed by atoms with Gasteiger partial charge in [-0.05, 0) is 38.3 Å². The summed E-state index contributed by atoms with van der Waals surface area (Å²) in [5.41, 5.74) is 4.25. The maximum absolute atomic E-state index is 5.77. The summed E-state index contributed by atoms with van der Waals surface area (Å²) in [6.45, 7) is 5.17. The van der Waals surface area contributed by atoms with Crippen molar-refractivity contribution in [1.29, 1.82) is 0 Å². The van der Waals surface area contributed by atoms with E-state index in [0.717, 1.165) is 61.0 Å². The standard InChI is InChI=1S/C16H24N6S/c1-21-6-8-22(9-7-21)10-13-18-15(20-17)14-11-4-2-3-5-12(11)23-16(14)19-13/h2-10,17H2,1H3,(H,18,19,20). The number of piperazine rings is 1. The Hall–Kier alpha value is -1.28. The Bertz CT molecular complexity index is 704. The fraction of sp³-hybridized carbons (Fsp3) is 0.625. The molecule has 3 N–H and O–H groups in total. The molecular weight excluding hydrogens is 308 g/mol. The van der Waals surface area contributed by atoms with Crippen LogP contribution in [0.5, 0.6) is 0 Å². The molecule has 0 spiro atoms. The number of nitrogen functional groups attached to an aromatic ring is 1. The molecule has 7 heteroatoms. The largest absolute Gasteiger partial charge is 0.308 e. The predicted octanol–water partition coefficient (Wildman–Crippen LogP) is 1.60. The third kappa shape index (κ3) is 2.94. The van der Waals surface area contributed by atoms with Crippen molar-refractivity contribution in [3.63, 3.8) is 0 Å². The SMILES string of the molecule is CN1CCN(Cc2nc(NN)c3c4c(sc3n2)CCCC4)CC1. The van der Waals surface area contributed by atoms with E-state index in [1.165, 1.54) is 29.7 Å². The number of aromatic nitrogens is 2. The molecule has 2 aromatic heterocycles. The van der Waals surface area contributed by atoms with E-state index in [9.17, 15) is 0 Å². The van der Waals surface area contributed by atoms with Crippen LogP contribution in [-0.4, -0.2) is 53.0 Å². The summed E-state index contributed by atoms with van der Waals surface area (Å²) in [4.78, 5) is 16.9. The van der Waals surface area contributed by atoms with Crippen LogP contribution in [-0.2, 0) is 19.4 Å². The van der Waals surface area contributed by atoms with Crippen LogP contribution in [0.3, 0.4) is 0 Å². The minimum Gasteiger partial charge on any atom is -0.308 e. The molecule has 1 saturated heterocycles. The zero-order chi connectivity index (χ0) is 15.8. The Morgan fingerprint density at radius 2 is 1.91 bits per heavy atom. The van der Waals surface area contributed by atoms with Crippen LogP contribution in [0, 0.1) is 0 Å². The molecule has 0 saturated carbocycles. The molecule has 1 aliphatic heterocycles. The Balaban J connectivity index is 1.66. The molecule has 23 heavy (non-hydrogen) atoms. The Labute approximate surface area is 140 Å². The van der Waals surface area contributed by atoms with Crippen LogP contribution >= 0.6 is 11.3 Å². The lowest BCUT2D eigenvalue weighted by Crippen LogP contribution is -2.44. The number of likely N-dealkylation sites (N-methyl/N-ethyl adjacent to an activating group) is 1. The molecule has 1 aliphatic carbocycles. The van der Waals surface area contributed by atoms with Crippen LogP contribution in [0.4, 0.5) is 5.82 Å². The van der Waals surface area contributed by atoms with Gasteiger partial charge in [-0.15, -0.1) is 11.3 Å². The highest BCUT2D eigenvalue weighted by Crippen LogP contribution is 2.38. The van der Waals surface area contributed by atoms with E-state index in [2.05, 4.69) is 22.3 Å². The molecule has 0 atom stereocenters. The van der Waals surface area contributed by atoms with Gasteiger partial charge in [0, 0.05) is 31.1 Å². The first-order valence-corrected chi connectivity index (χ1v) is 9.25. The van der Waals surface area contributed by atoms with Gasteiger partial charge in [0.15, 0.2) is 5.82 Å². The van der Waals surface area contributed by atoms with Crippen molar-refractivity contribution in [3.8, 4) is 0 Å². The lowest BCUT2D eigenvalue weighted by atomic mass is 9.97. The first-order valence-electron chi connectivity index (χ1n) is 8.43. The molecule has 0 aromatic carbocycles. The van der Waals surface area contributed by atoms with Gasteiger partial charge < -0.3 is 10.3 Å². The molecule has 0 amide bonds. The molecule has 2 aliphatic rings. The number of aryl methyl sites for hydroxylation is 2. The molecule has 0 bridgehead atoms.